The summed E-state index contributed by atoms with van der Waals surface area (Å²) < 4.78 is 11.8. The lowest BCUT2D eigenvalue weighted by Crippen LogP contribution is -2.31. The summed E-state index contributed by atoms with van der Waals surface area (Å²) in [5.74, 6) is 6.33. The summed E-state index contributed by atoms with van der Waals surface area (Å²) in [5, 5.41) is 0. The van der Waals surface area contributed by atoms with Crippen molar-refractivity contribution in [2.24, 2.45) is 17.8 Å². The number of terminal acetylenes is 1. The number of rotatable bonds is 15. The maximum Gasteiger partial charge on any atom is 0.308 e. The fourth-order valence-electron chi connectivity index (χ4n) is 4.59. The molecule has 0 unspecified atom stereocenters. The number of esters is 1. The maximum absolute atomic E-state index is 11.4. The van der Waals surface area contributed by atoms with E-state index in [4.69, 9.17) is 15.9 Å². The smallest absolute Gasteiger partial charge is 0.308 e. The molecule has 3 atom stereocenters. The zero-order valence-corrected chi connectivity index (χ0v) is 23.5. The first-order valence-electron chi connectivity index (χ1n) is 13.3. The number of hydrogen-bond acceptors (Lipinski definition) is 3. The Morgan fingerprint density at radius 2 is 1.47 bits per heavy atom. The topological polar surface area (TPSA) is 35.5 Å². The normalized spacial score (nSPS) is 14.9. The van der Waals surface area contributed by atoms with Gasteiger partial charge in [-0.1, -0.05) is 78.6 Å². The first-order valence-corrected chi connectivity index (χ1v) is 13.3. The predicted octanol–water partition coefficient (Wildman–Crippen LogP) is 8.75. The molecule has 0 aliphatic rings. The van der Waals surface area contributed by atoms with Crippen LogP contribution >= 0.6 is 0 Å². The largest absolute Gasteiger partial charge is 0.475 e. The molecule has 1 aromatic rings. The lowest BCUT2D eigenvalue weighted by Gasteiger charge is -2.28. The molecule has 0 heterocycles. The molecular formula is C31H50O3. The van der Waals surface area contributed by atoms with Crippen LogP contribution in [0.1, 0.15) is 116 Å². The molecule has 0 bridgehead atoms. The molecular weight excluding hydrogens is 420 g/mol. The highest BCUT2D eigenvalue weighted by atomic mass is 16.5. The van der Waals surface area contributed by atoms with Crippen LogP contribution in [0.2, 0.25) is 0 Å². The Morgan fingerprint density at radius 3 is 1.97 bits per heavy atom. The number of carbonyl (C=O) groups excluding carboxylic acids is 1. The van der Waals surface area contributed by atoms with Crippen LogP contribution in [0.4, 0.5) is 0 Å². The van der Waals surface area contributed by atoms with Crippen molar-refractivity contribution in [2.75, 3.05) is 0 Å². The molecule has 0 radical (unpaired) electrons. The Balaban J connectivity index is 2.55. The monoisotopic (exact) mass is 470 g/mol. The third-order valence-corrected chi connectivity index (χ3v) is 7.09. The van der Waals surface area contributed by atoms with Gasteiger partial charge in [-0.25, -0.2) is 0 Å². The quantitative estimate of drug-likeness (QED) is 0.146. The van der Waals surface area contributed by atoms with Gasteiger partial charge in [0.2, 0.25) is 0 Å². The van der Waals surface area contributed by atoms with Gasteiger partial charge in [0, 0.05) is 6.92 Å². The average molecular weight is 471 g/mol. The van der Waals surface area contributed by atoms with Crippen molar-refractivity contribution in [2.45, 2.75) is 126 Å². The van der Waals surface area contributed by atoms with E-state index in [-0.39, 0.29) is 5.97 Å². The van der Waals surface area contributed by atoms with Crippen molar-refractivity contribution in [1.29, 1.82) is 0 Å². The minimum absolute atomic E-state index is 0.317. The van der Waals surface area contributed by atoms with Crippen molar-refractivity contribution in [3.63, 3.8) is 0 Å². The van der Waals surface area contributed by atoms with Crippen molar-refractivity contribution >= 4 is 5.97 Å². The Labute approximate surface area is 210 Å². The second-order valence-electron chi connectivity index (χ2n) is 11.2. The van der Waals surface area contributed by atoms with E-state index < -0.39 is 5.60 Å². The summed E-state index contributed by atoms with van der Waals surface area (Å²) >= 11 is 0. The SMILES string of the molecule is C#C[C@](C)(CCC[C@@H](C)CCC[C@@H](C)CCCC(C)C)Oc1cc(C)c(OC(C)=O)c(C)c1C. The van der Waals surface area contributed by atoms with Gasteiger partial charge in [-0.3, -0.25) is 4.79 Å². The van der Waals surface area contributed by atoms with Crippen LogP contribution in [-0.4, -0.2) is 11.6 Å². The van der Waals surface area contributed by atoms with Crippen molar-refractivity contribution in [1.82, 2.24) is 0 Å². The Morgan fingerprint density at radius 1 is 0.941 bits per heavy atom. The zero-order chi connectivity index (χ0) is 25.9. The number of carbonyl (C=O) groups is 1. The van der Waals surface area contributed by atoms with Gasteiger partial charge in [-0.05, 0) is 81.0 Å². The summed E-state index contributed by atoms with van der Waals surface area (Å²) in [7, 11) is 0. The summed E-state index contributed by atoms with van der Waals surface area (Å²) in [5.41, 5.74) is 2.09. The van der Waals surface area contributed by atoms with E-state index in [1.54, 1.807) is 0 Å². The number of benzene rings is 1. The zero-order valence-electron chi connectivity index (χ0n) is 23.5. The van der Waals surface area contributed by atoms with Gasteiger partial charge in [0.05, 0.1) is 0 Å². The molecule has 34 heavy (non-hydrogen) atoms. The van der Waals surface area contributed by atoms with Crippen LogP contribution in [0.5, 0.6) is 11.5 Å². The van der Waals surface area contributed by atoms with Crippen LogP contribution in [0.15, 0.2) is 6.07 Å². The Bertz CT molecular complexity index is 817. The van der Waals surface area contributed by atoms with E-state index >= 15 is 0 Å². The van der Waals surface area contributed by atoms with Crippen LogP contribution in [0.25, 0.3) is 0 Å². The lowest BCUT2D eigenvalue weighted by molar-refractivity contribution is -0.132. The third kappa shape index (κ3) is 10.5. The molecule has 192 valence electrons. The summed E-state index contributed by atoms with van der Waals surface area (Å²) in [6.45, 7) is 18.7. The van der Waals surface area contributed by atoms with Gasteiger partial charge in [-0.2, -0.15) is 0 Å². The van der Waals surface area contributed by atoms with Gasteiger partial charge in [0.25, 0.3) is 0 Å². The first kappa shape index (κ1) is 30.1. The molecule has 0 N–H and O–H groups in total. The predicted molar refractivity (Wildman–Crippen MR) is 145 cm³/mol. The molecule has 3 heteroatoms. The Hall–Kier alpha value is -1.95. The van der Waals surface area contributed by atoms with E-state index in [1.165, 1.54) is 51.9 Å². The maximum atomic E-state index is 11.4. The number of aryl methyl sites for hydroxylation is 1. The molecule has 0 saturated carbocycles. The van der Waals surface area contributed by atoms with E-state index in [1.807, 2.05) is 33.8 Å². The summed E-state index contributed by atoms with van der Waals surface area (Å²) in [6.07, 6.45) is 17.0. The molecule has 0 aromatic heterocycles. The molecule has 0 saturated heterocycles. The van der Waals surface area contributed by atoms with Crippen LogP contribution in [0.3, 0.4) is 0 Å². The number of ether oxygens (including phenoxy) is 2. The summed E-state index contributed by atoms with van der Waals surface area (Å²) in [4.78, 5) is 11.4. The van der Waals surface area contributed by atoms with Gasteiger partial charge in [-0.15, -0.1) is 6.42 Å². The van der Waals surface area contributed by atoms with Gasteiger partial charge >= 0.3 is 5.97 Å². The van der Waals surface area contributed by atoms with E-state index in [9.17, 15) is 4.79 Å². The van der Waals surface area contributed by atoms with Gasteiger partial charge < -0.3 is 9.47 Å². The van der Waals surface area contributed by atoms with Crippen molar-refractivity contribution in [3.05, 3.63) is 22.8 Å². The third-order valence-electron chi connectivity index (χ3n) is 7.09. The van der Waals surface area contributed by atoms with Crippen molar-refractivity contribution < 1.29 is 14.3 Å². The minimum atomic E-state index is -0.656. The molecule has 0 fully saturated rings. The summed E-state index contributed by atoms with van der Waals surface area (Å²) in [6, 6.07) is 1.93. The first-order chi connectivity index (χ1) is 15.9. The van der Waals surface area contributed by atoms with Crippen LogP contribution < -0.4 is 9.47 Å². The fraction of sp³-hybridized carbons (Fsp3) is 0.710. The van der Waals surface area contributed by atoms with E-state index in [0.717, 1.165) is 47.1 Å². The molecule has 1 aromatic carbocycles. The molecule has 0 amide bonds. The molecule has 0 spiro atoms. The van der Waals surface area contributed by atoms with Crippen LogP contribution in [-0.2, 0) is 4.79 Å². The van der Waals surface area contributed by atoms with E-state index in [0.29, 0.717) is 11.7 Å². The Kier molecular flexibility index (Phi) is 12.8. The highest BCUT2D eigenvalue weighted by Crippen LogP contribution is 2.36. The molecule has 0 aliphatic heterocycles. The van der Waals surface area contributed by atoms with E-state index in [2.05, 4.69) is 33.6 Å². The highest BCUT2D eigenvalue weighted by Gasteiger charge is 2.26. The number of hydrogen-bond donors (Lipinski definition) is 0. The molecule has 1 rings (SSSR count). The van der Waals surface area contributed by atoms with Crippen molar-refractivity contribution in [3.8, 4) is 23.8 Å². The van der Waals surface area contributed by atoms with Crippen LogP contribution in [0, 0.1) is 50.9 Å². The second kappa shape index (κ2) is 14.4. The highest BCUT2D eigenvalue weighted by molar-refractivity contribution is 5.71. The lowest BCUT2D eigenvalue weighted by atomic mass is 9.90. The van der Waals surface area contributed by atoms with Gasteiger partial charge in [0.15, 0.2) is 5.60 Å². The molecule has 3 nitrogen and oxygen atoms in total. The average Bonchev–Trinajstić information content (AvgIpc) is 2.74. The minimum Gasteiger partial charge on any atom is -0.475 e. The second-order valence-corrected chi connectivity index (χ2v) is 11.2. The standard InChI is InChI=1S/C31H50O3/c1-11-31(10,34-29-21-25(6)30(33-28(9)32)27(8)26(29)7)20-14-19-24(5)18-13-17-23(4)16-12-15-22(2)3/h1,21-24H,12-20H2,2-10H3/t23-,24-,31+/m0/s1. The van der Waals surface area contributed by atoms with Gasteiger partial charge in [0.1, 0.15) is 11.5 Å². The fourth-order valence-corrected chi connectivity index (χ4v) is 4.59. The molecule has 0 aliphatic carbocycles.